The van der Waals surface area contributed by atoms with Gasteiger partial charge in [-0.2, -0.15) is 0 Å². The molecule has 2 aliphatic rings. The molecule has 3 aromatic rings. The Balaban J connectivity index is 0.00000769. The summed E-state index contributed by atoms with van der Waals surface area (Å²) in [4.78, 5) is 20.5. The van der Waals surface area contributed by atoms with Gasteiger partial charge in [-0.3, -0.25) is 9.13 Å². The van der Waals surface area contributed by atoms with Gasteiger partial charge < -0.3 is 26.8 Å². The van der Waals surface area contributed by atoms with Crippen molar-refractivity contribution in [2.45, 2.75) is 132 Å². The average molecular weight is 956 g/mol. The van der Waals surface area contributed by atoms with Gasteiger partial charge in [0.2, 0.25) is 0 Å². The van der Waals surface area contributed by atoms with Crippen LogP contribution in [0.3, 0.4) is 0 Å². The van der Waals surface area contributed by atoms with Crippen LogP contribution in [0.1, 0.15) is 72.6 Å². The molecule has 5 rings (SSSR count). The molecule has 0 atom stereocenters. The predicted octanol–water partition coefficient (Wildman–Crippen LogP) is 13.2. The van der Waals surface area contributed by atoms with Gasteiger partial charge in [-0.05, 0) is 155 Å². The number of nitrogens with zero attached hydrogens (tertiary/aromatic N) is 4. The Morgan fingerprint density at radius 1 is 0.576 bits per heavy atom. The summed E-state index contributed by atoms with van der Waals surface area (Å²) in [7, 11) is -15.3. The van der Waals surface area contributed by atoms with Gasteiger partial charge in [-0.1, -0.05) is 47.0 Å². The second kappa shape index (κ2) is 18.5. The van der Waals surface area contributed by atoms with Crippen LogP contribution in [0.25, 0.3) is 44.9 Å². The molecule has 0 aliphatic carbocycles. The molecular weight excluding hydrogens is 889 g/mol. The maximum atomic E-state index is 14.3. The molecule has 10 nitrogen and oxygen atoms in total. The van der Waals surface area contributed by atoms with Crippen molar-refractivity contribution < 1.29 is 42.5 Å². The molecule has 0 unspecified atom stereocenters. The Bertz CT molecular complexity index is 2340. The topological polar surface area (TPSA) is 125 Å². The minimum absolute atomic E-state index is 0. The molecule has 0 saturated carbocycles. The van der Waals surface area contributed by atoms with E-state index in [2.05, 4.69) is 131 Å². The first-order valence-electron chi connectivity index (χ1n) is 20.5. The fourth-order valence-electron chi connectivity index (χ4n) is 7.28. The van der Waals surface area contributed by atoms with Crippen LogP contribution in [0, 0.1) is 13.8 Å². The summed E-state index contributed by atoms with van der Waals surface area (Å²) in [6, 6.07) is 10.3. The van der Waals surface area contributed by atoms with Gasteiger partial charge in [0.15, 0.2) is 33.3 Å². The smallest absolute Gasteiger partial charge is 0.658 e. The summed E-state index contributed by atoms with van der Waals surface area (Å²) >= 11 is 0. The zero-order chi connectivity index (χ0) is 43.2. The van der Waals surface area contributed by atoms with Gasteiger partial charge in [-0.25, -0.2) is 9.97 Å². The molecule has 5 heterocycles. The molecule has 0 aromatic carbocycles. The third-order valence-corrected chi connectivity index (χ3v) is 24.2. The fraction of sp³-hybridized carbons (Fsp3) is 0.524. The van der Waals surface area contributed by atoms with Gasteiger partial charge >= 0.3 is 31.7 Å². The molecule has 2 aliphatic heterocycles. The second-order valence-corrected chi connectivity index (χ2v) is 42.9. The van der Waals surface area contributed by atoms with E-state index in [1.807, 2.05) is 12.1 Å². The first kappa shape index (κ1) is 49.9. The van der Waals surface area contributed by atoms with Crippen molar-refractivity contribution in [1.82, 2.24) is 19.9 Å². The number of rotatable bonds is 16. The Morgan fingerprint density at radius 2 is 1.08 bits per heavy atom. The third-order valence-electron chi connectivity index (χ3n) is 9.30. The number of hydrogen-bond donors (Lipinski definition) is 0. The Kier molecular flexibility index (Phi) is 15.7. The van der Waals surface area contributed by atoms with E-state index in [0.717, 1.165) is 78.3 Å². The van der Waals surface area contributed by atoms with E-state index in [1.165, 1.54) is 0 Å². The van der Waals surface area contributed by atoms with Gasteiger partial charge in [0.05, 0.1) is 22.8 Å². The molecule has 0 fully saturated rings. The maximum absolute atomic E-state index is 14.3. The number of hydrogen-bond acceptors (Lipinski definition) is 8. The van der Waals surface area contributed by atoms with Crippen molar-refractivity contribution in [3.05, 3.63) is 69.8 Å². The van der Waals surface area contributed by atoms with Crippen LogP contribution < -0.4 is 9.97 Å². The van der Waals surface area contributed by atoms with Gasteiger partial charge in [-0.15, -0.1) is 22.1 Å². The Labute approximate surface area is 367 Å². The van der Waals surface area contributed by atoms with E-state index >= 15 is 0 Å². The predicted molar refractivity (Wildman–Crippen MR) is 255 cm³/mol. The molecule has 59 heavy (non-hydrogen) atoms. The van der Waals surface area contributed by atoms with Gasteiger partial charge in [0.25, 0.3) is 0 Å². The van der Waals surface area contributed by atoms with Crippen molar-refractivity contribution in [3.63, 3.8) is 0 Å². The Morgan fingerprint density at radius 3 is 1.61 bits per heavy atom. The van der Waals surface area contributed by atoms with E-state index in [-0.39, 0.29) is 16.5 Å². The second-order valence-electron chi connectivity index (χ2n) is 19.7. The number of aromatic nitrogens is 4. The van der Waals surface area contributed by atoms with Crippen LogP contribution in [-0.4, -0.2) is 55.6 Å². The zero-order valence-electron chi connectivity index (χ0n) is 38.2. The minimum atomic E-state index is -3.33. The molecule has 0 amide bonds. The summed E-state index contributed by atoms with van der Waals surface area (Å²) in [5, 5.41) is 0. The van der Waals surface area contributed by atoms with Crippen molar-refractivity contribution in [2.75, 3.05) is 12.3 Å². The number of aryl methyl sites for hydroxylation is 3. The average Bonchev–Trinajstić information content (AvgIpc) is 3.70. The van der Waals surface area contributed by atoms with Crippen LogP contribution in [0.4, 0.5) is 0 Å². The van der Waals surface area contributed by atoms with Crippen molar-refractivity contribution >= 4 is 93.3 Å². The standard InChI is InChI=1S/C42H66N4O6P2Si4.Ni/c1-29-23-34-26-39-31(3)35(19-17-21-53(47,49-55(5,6)7)50-56(8,9)10)41(45-39)28-42-36(20-18-22-54(48,51-57(11,12)13)52-58(14,15)16)32(4)40(46-42)27-38-30(2)24-33(44-38)25-37(29)43-34;/h23-28H,17-22H2,1-16H3;/q-2;+2. The summed E-state index contributed by atoms with van der Waals surface area (Å²) in [6.07, 6.45) is 5.24. The summed E-state index contributed by atoms with van der Waals surface area (Å²) in [5.41, 5.74) is 13.1. The van der Waals surface area contributed by atoms with Crippen molar-refractivity contribution in [1.29, 1.82) is 0 Å². The van der Waals surface area contributed by atoms with Crippen LogP contribution in [0.15, 0.2) is 30.3 Å². The molecule has 326 valence electrons. The van der Waals surface area contributed by atoms with Gasteiger partial charge in [0, 0.05) is 12.3 Å². The largest absolute Gasteiger partial charge is 2.00 e. The van der Waals surface area contributed by atoms with E-state index in [1.54, 1.807) is 0 Å². The fourth-order valence-corrected chi connectivity index (χ4v) is 24.2. The van der Waals surface area contributed by atoms with Crippen LogP contribution in [0.5, 0.6) is 0 Å². The monoisotopic (exact) mass is 954 g/mol. The van der Waals surface area contributed by atoms with Crippen LogP contribution >= 0.6 is 15.2 Å². The van der Waals surface area contributed by atoms with E-state index in [9.17, 15) is 9.13 Å². The molecule has 17 heteroatoms. The Hall–Kier alpha value is -1.74. The van der Waals surface area contributed by atoms with E-state index < -0.39 is 48.5 Å². The van der Waals surface area contributed by atoms with Crippen molar-refractivity contribution in [3.8, 4) is 0 Å². The first-order chi connectivity index (χ1) is 26.5. The minimum Gasteiger partial charge on any atom is -0.658 e. The zero-order valence-corrected chi connectivity index (χ0v) is 44.9. The molecule has 8 bridgehead atoms. The molecule has 0 radical (unpaired) electrons. The summed E-state index contributed by atoms with van der Waals surface area (Å²) in [6.45, 7) is 33.0. The molecule has 0 N–H and O–H groups in total. The maximum Gasteiger partial charge on any atom is 2.00 e. The molecule has 0 saturated heterocycles. The van der Waals surface area contributed by atoms with E-state index in [4.69, 9.17) is 36.8 Å². The molecular formula is C42H66N4NiO6P2Si4. The van der Waals surface area contributed by atoms with Crippen molar-refractivity contribution in [2.24, 2.45) is 0 Å². The SMILES string of the molecule is CC1=Cc2cc3[n-]c(cc4nc(cc5[n-]c(cc1n2)cc5C)C(C)=C4CCCP(=O)(O[Si](C)(C)C)O[Si](C)(C)C)c(CCCP(=O)(O[Si](C)(C)C)O[Si](C)(C)C)c3C.[Ni+2]. The summed E-state index contributed by atoms with van der Waals surface area (Å²) < 4.78 is 53.8. The quantitative estimate of drug-likeness (QED) is 0.101. The normalized spacial score (nSPS) is 14.5. The molecule has 0 spiro atoms. The van der Waals surface area contributed by atoms with Crippen LogP contribution in [-0.2, 0) is 48.9 Å². The third kappa shape index (κ3) is 14.1. The van der Waals surface area contributed by atoms with Crippen LogP contribution in [0.2, 0.25) is 78.6 Å². The van der Waals surface area contributed by atoms with Gasteiger partial charge in [0.1, 0.15) is 0 Å². The number of fused-ring (bicyclic) bond motifs is 8. The number of allylic oxidation sites excluding steroid dienone is 3. The first-order valence-corrected chi connectivity index (χ1v) is 37.6. The van der Waals surface area contributed by atoms with E-state index in [0.29, 0.717) is 38.0 Å². The molecule has 3 aromatic heterocycles. The summed E-state index contributed by atoms with van der Waals surface area (Å²) in [5.74, 6) is 0.